The lowest BCUT2D eigenvalue weighted by atomic mass is 10.1. The zero-order chi connectivity index (χ0) is 10.2. The van der Waals surface area contributed by atoms with Crippen LogP contribution in [0.4, 0.5) is 0 Å². The maximum absolute atomic E-state index is 8.95. The standard InChI is InChI=1S/C12H20O2/c1-2-3-4-5-6-7-11-8-9-14-12(11)10-13/h8-9,13H,2-7,10H2,1H3. The molecule has 1 aromatic heterocycles. The third kappa shape index (κ3) is 3.54. The van der Waals surface area contributed by atoms with Crippen molar-refractivity contribution >= 4 is 0 Å². The molecule has 0 amide bonds. The molecule has 0 saturated heterocycles. The second-order valence-corrected chi connectivity index (χ2v) is 3.69. The van der Waals surface area contributed by atoms with Gasteiger partial charge in [0.05, 0.1) is 6.26 Å². The highest BCUT2D eigenvalue weighted by molar-refractivity contribution is 5.16. The van der Waals surface area contributed by atoms with Gasteiger partial charge in [-0.05, 0) is 24.5 Å². The van der Waals surface area contributed by atoms with Crippen molar-refractivity contribution in [2.45, 2.75) is 52.1 Å². The highest BCUT2D eigenvalue weighted by atomic mass is 16.4. The highest BCUT2D eigenvalue weighted by Gasteiger charge is 2.03. The van der Waals surface area contributed by atoms with Gasteiger partial charge in [-0.25, -0.2) is 0 Å². The molecule has 2 heteroatoms. The average Bonchev–Trinajstić information content (AvgIpc) is 2.65. The Bertz CT molecular complexity index is 240. The molecule has 0 aliphatic heterocycles. The predicted molar refractivity (Wildman–Crippen MR) is 57.1 cm³/mol. The Kier molecular flexibility index (Phi) is 5.38. The van der Waals surface area contributed by atoms with Crippen LogP contribution in [-0.2, 0) is 13.0 Å². The summed E-state index contributed by atoms with van der Waals surface area (Å²) in [5, 5.41) is 8.95. The molecule has 0 unspecified atom stereocenters. The molecule has 0 aliphatic rings. The Morgan fingerprint density at radius 2 is 2.00 bits per heavy atom. The summed E-state index contributed by atoms with van der Waals surface area (Å²) in [6.07, 6.45) is 9.12. The first-order chi connectivity index (χ1) is 6.88. The van der Waals surface area contributed by atoms with Gasteiger partial charge in [0, 0.05) is 0 Å². The maximum atomic E-state index is 8.95. The fraction of sp³-hybridized carbons (Fsp3) is 0.667. The van der Waals surface area contributed by atoms with Gasteiger partial charge in [0.1, 0.15) is 12.4 Å². The van der Waals surface area contributed by atoms with Crippen LogP contribution in [0.5, 0.6) is 0 Å². The molecule has 1 heterocycles. The number of hydrogen-bond acceptors (Lipinski definition) is 2. The number of rotatable bonds is 7. The summed E-state index contributed by atoms with van der Waals surface area (Å²) in [6.45, 7) is 2.25. The van der Waals surface area contributed by atoms with E-state index in [0.717, 1.165) is 12.2 Å². The van der Waals surface area contributed by atoms with E-state index in [1.54, 1.807) is 6.26 Å². The molecule has 1 N–H and O–H groups in total. The minimum Gasteiger partial charge on any atom is -0.467 e. The van der Waals surface area contributed by atoms with Crippen molar-refractivity contribution in [3.63, 3.8) is 0 Å². The predicted octanol–water partition coefficient (Wildman–Crippen LogP) is 3.28. The van der Waals surface area contributed by atoms with Crippen molar-refractivity contribution in [3.05, 3.63) is 23.7 Å². The van der Waals surface area contributed by atoms with Crippen LogP contribution in [0.15, 0.2) is 16.7 Å². The molecule has 0 radical (unpaired) electrons. The number of hydrogen-bond donors (Lipinski definition) is 1. The summed E-state index contributed by atoms with van der Waals surface area (Å²) in [7, 11) is 0. The zero-order valence-electron chi connectivity index (χ0n) is 8.96. The number of unbranched alkanes of at least 4 members (excludes halogenated alkanes) is 4. The van der Waals surface area contributed by atoms with Gasteiger partial charge in [0.15, 0.2) is 0 Å². The third-order valence-corrected chi connectivity index (χ3v) is 2.53. The minimum atomic E-state index is 0.0251. The minimum absolute atomic E-state index is 0.0251. The van der Waals surface area contributed by atoms with Crippen molar-refractivity contribution in [1.82, 2.24) is 0 Å². The summed E-state index contributed by atoms with van der Waals surface area (Å²) in [5.41, 5.74) is 1.17. The molecule has 14 heavy (non-hydrogen) atoms. The van der Waals surface area contributed by atoms with E-state index >= 15 is 0 Å². The van der Waals surface area contributed by atoms with Gasteiger partial charge in [-0.15, -0.1) is 0 Å². The van der Waals surface area contributed by atoms with E-state index in [9.17, 15) is 0 Å². The van der Waals surface area contributed by atoms with Crippen LogP contribution in [0.25, 0.3) is 0 Å². The van der Waals surface area contributed by atoms with E-state index < -0.39 is 0 Å². The molecular formula is C12H20O2. The molecule has 0 fully saturated rings. The SMILES string of the molecule is CCCCCCCc1ccoc1CO. The molecule has 1 aromatic rings. The first-order valence-electron chi connectivity index (χ1n) is 5.54. The molecule has 0 aromatic carbocycles. The van der Waals surface area contributed by atoms with Crippen molar-refractivity contribution in [3.8, 4) is 0 Å². The molecule has 80 valence electrons. The second-order valence-electron chi connectivity index (χ2n) is 3.69. The number of furan rings is 1. The fourth-order valence-electron chi connectivity index (χ4n) is 1.65. The van der Waals surface area contributed by atoms with Crippen LogP contribution in [0.1, 0.15) is 50.4 Å². The Balaban J connectivity index is 2.17. The van der Waals surface area contributed by atoms with Crippen molar-refractivity contribution in [2.75, 3.05) is 0 Å². The van der Waals surface area contributed by atoms with Gasteiger partial charge in [0.25, 0.3) is 0 Å². The summed E-state index contributed by atoms with van der Waals surface area (Å²) in [6, 6.07) is 1.96. The normalized spacial score (nSPS) is 10.7. The topological polar surface area (TPSA) is 33.4 Å². The quantitative estimate of drug-likeness (QED) is 0.679. The summed E-state index contributed by atoms with van der Waals surface area (Å²) in [4.78, 5) is 0. The highest BCUT2D eigenvalue weighted by Crippen LogP contribution is 2.14. The zero-order valence-corrected chi connectivity index (χ0v) is 8.96. The van der Waals surface area contributed by atoms with Crippen LogP contribution < -0.4 is 0 Å². The van der Waals surface area contributed by atoms with Gasteiger partial charge in [-0.2, -0.15) is 0 Å². The van der Waals surface area contributed by atoms with E-state index in [0.29, 0.717) is 0 Å². The van der Waals surface area contributed by atoms with Crippen molar-refractivity contribution in [1.29, 1.82) is 0 Å². The average molecular weight is 196 g/mol. The number of aliphatic hydroxyl groups excluding tert-OH is 1. The lowest BCUT2D eigenvalue weighted by Gasteiger charge is -2.00. The van der Waals surface area contributed by atoms with Gasteiger partial charge in [-0.1, -0.05) is 32.6 Å². The lowest BCUT2D eigenvalue weighted by molar-refractivity contribution is 0.245. The van der Waals surface area contributed by atoms with E-state index in [2.05, 4.69) is 6.92 Å². The van der Waals surface area contributed by atoms with E-state index in [4.69, 9.17) is 9.52 Å². The van der Waals surface area contributed by atoms with Crippen LogP contribution in [0, 0.1) is 0 Å². The van der Waals surface area contributed by atoms with Crippen LogP contribution >= 0.6 is 0 Å². The summed E-state index contributed by atoms with van der Waals surface area (Å²) < 4.78 is 5.14. The van der Waals surface area contributed by atoms with Crippen molar-refractivity contribution < 1.29 is 9.52 Å². The molecule has 0 atom stereocenters. The molecular weight excluding hydrogens is 176 g/mol. The van der Waals surface area contributed by atoms with E-state index in [1.165, 1.54) is 37.7 Å². The van der Waals surface area contributed by atoms with Crippen LogP contribution in [0.3, 0.4) is 0 Å². The second kappa shape index (κ2) is 6.66. The van der Waals surface area contributed by atoms with Gasteiger partial charge < -0.3 is 9.52 Å². The third-order valence-electron chi connectivity index (χ3n) is 2.53. The maximum Gasteiger partial charge on any atom is 0.132 e. The Morgan fingerprint density at radius 3 is 2.71 bits per heavy atom. The van der Waals surface area contributed by atoms with E-state index in [-0.39, 0.29) is 6.61 Å². The molecule has 0 aliphatic carbocycles. The summed E-state index contributed by atoms with van der Waals surface area (Å²) >= 11 is 0. The first-order valence-corrected chi connectivity index (χ1v) is 5.54. The largest absolute Gasteiger partial charge is 0.467 e. The lowest BCUT2D eigenvalue weighted by Crippen LogP contribution is -1.89. The van der Waals surface area contributed by atoms with Crippen LogP contribution in [-0.4, -0.2) is 5.11 Å². The molecule has 0 spiro atoms. The number of aryl methyl sites for hydroxylation is 1. The molecule has 0 bridgehead atoms. The fourth-order valence-corrected chi connectivity index (χ4v) is 1.65. The van der Waals surface area contributed by atoms with Crippen molar-refractivity contribution in [2.24, 2.45) is 0 Å². The van der Waals surface area contributed by atoms with Crippen LogP contribution in [0.2, 0.25) is 0 Å². The Labute approximate surface area is 85.9 Å². The molecule has 1 rings (SSSR count). The first kappa shape index (κ1) is 11.3. The smallest absolute Gasteiger partial charge is 0.132 e. The van der Waals surface area contributed by atoms with Gasteiger partial charge in [0.2, 0.25) is 0 Å². The molecule has 0 saturated carbocycles. The Hall–Kier alpha value is -0.760. The number of aliphatic hydroxyl groups is 1. The van der Waals surface area contributed by atoms with Gasteiger partial charge in [-0.3, -0.25) is 0 Å². The van der Waals surface area contributed by atoms with Gasteiger partial charge >= 0.3 is 0 Å². The Morgan fingerprint density at radius 1 is 1.21 bits per heavy atom. The van der Waals surface area contributed by atoms with E-state index in [1.807, 2.05) is 6.07 Å². The summed E-state index contributed by atoms with van der Waals surface area (Å²) in [5.74, 6) is 0.737. The molecule has 2 nitrogen and oxygen atoms in total. The monoisotopic (exact) mass is 196 g/mol.